The lowest BCUT2D eigenvalue weighted by Crippen LogP contribution is -2.26. The summed E-state index contributed by atoms with van der Waals surface area (Å²) in [5.74, 6) is -0.317. The molecule has 1 fully saturated rings. The summed E-state index contributed by atoms with van der Waals surface area (Å²) in [6.45, 7) is 4.79. The van der Waals surface area contributed by atoms with Crippen molar-refractivity contribution in [3.05, 3.63) is 35.5 Å². The number of aromatic nitrogens is 1. The van der Waals surface area contributed by atoms with Crippen LogP contribution >= 0.6 is 0 Å². The van der Waals surface area contributed by atoms with Crippen molar-refractivity contribution >= 4 is 16.8 Å². The van der Waals surface area contributed by atoms with E-state index in [9.17, 15) is 4.79 Å². The Balaban J connectivity index is 1.81. The number of nitrogens with two attached hydrogens (primary N) is 1. The summed E-state index contributed by atoms with van der Waals surface area (Å²) < 4.78 is 7.64. The first-order chi connectivity index (χ1) is 10.7. The average molecular weight is 301 g/mol. The molecule has 0 spiro atoms. The normalized spacial score (nSPS) is 18.1. The third-order valence-electron chi connectivity index (χ3n) is 4.37. The van der Waals surface area contributed by atoms with Crippen LogP contribution in [0, 0.1) is 6.92 Å². The summed E-state index contributed by atoms with van der Waals surface area (Å²) in [7, 11) is 0. The minimum atomic E-state index is -0.317. The first-order valence-electron chi connectivity index (χ1n) is 7.84. The minimum Gasteiger partial charge on any atom is -0.377 e. The highest BCUT2D eigenvalue weighted by molar-refractivity contribution is 5.87. The van der Waals surface area contributed by atoms with E-state index in [1.807, 2.05) is 29.7 Å². The van der Waals surface area contributed by atoms with Crippen LogP contribution in [0.2, 0.25) is 0 Å². The molecule has 2 aromatic rings. The number of fused-ring (bicyclic) bond motifs is 1. The number of hydrogen-bond donors (Lipinski definition) is 2. The summed E-state index contributed by atoms with van der Waals surface area (Å²) >= 11 is 0. The molecule has 0 saturated carbocycles. The van der Waals surface area contributed by atoms with Gasteiger partial charge in [-0.2, -0.15) is 0 Å². The third-order valence-corrected chi connectivity index (χ3v) is 4.37. The zero-order chi connectivity index (χ0) is 15.5. The van der Waals surface area contributed by atoms with E-state index in [-0.39, 0.29) is 12.5 Å². The smallest absolute Gasteiger partial charge is 0.237 e. The van der Waals surface area contributed by atoms with E-state index < -0.39 is 0 Å². The highest BCUT2D eigenvalue weighted by Crippen LogP contribution is 2.25. The molecule has 3 N–H and O–H groups in total. The SMILES string of the molecule is Cc1c(CNC[C@H]2CCCO2)c2ccccc2n1CC(N)=O. The van der Waals surface area contributed by atoms with Gasteiger partial charge in [-0.15, -0.1) is 0 Å². The molecule has 1 aromatic heterocycles. The van der Waals surface area contributed by atoms with Gasteiger partial charge in [0.1, 0.15) is 6.54 Å². The van der Waals surface area contributed by atoms with Gasteiger partial charge in [0, 0.05) is 36.3 Å². The number of rotatable bonds is 6. The Labute approximate surface area is 130 Å². The van der Waals surface area contributed by atoms with Crippen LogP contribution in [-0.2, 0) is 22.6 Å². The highest BCUT2D eigenvalue weighted by atomic mass is 16.5. The maximum absolute atomic E-state index is 11.3. The fourth-order valence-corrected chi connectivity index (χ4v) is 3.25. The molecule has 1 aliphatic rings. The fourth-order valence-electron chi connectivity index (χ4n) is 3.25. The van der Waals surface area contributed by atoms with E-state index in [1.165, 1.54) is 10.9 Å². The van der Waals surface area contributed by atoms with E-state index in [4.69, 9.17) is 10.5 Å². The van der Waals surface area contributed by atoms with Gasteiger partial charge in [0.2, 0.25) is 5.91 Å². The average Bonchev–Trinajstić information content (AvgIpc) is 3.09. The Kier molecular flexibility index (Phi) is 4.45. The maximum atomic E-state index is 11.3. The fraction of sp³-hybridized carbons (Fsp3) is 0.471. The quantitative estimate of drug-likeness (QED) is 0.853. The highest BCUT2D eigenvalue weighted by Gasteiger charge is 2.17. The van der Waals surface area contributed by atoms with Crippen molar-refractivity contribution in [3.63, 3.8) is 0 Å². The van der Waals surface area contributed by atoms with Gasteiger partial charge in [-0.25, -0.2) is 0 Å². The minimum absolute atomic E-state index is 0.220. The summed E-state index contributed by atoms with van der Waals surface area (Å²) in [6, 6.07) is 8.15. The van der Waals surface area contributed by atoms with Crippen molar-refractivity contribution in [3.8, 4) is 0 Å². The number of primary amides is 1. The molecule has 1 atom stereocenters. The molecule has 1 amide bonds. The molecule has 5 nitrogen and oxygen atoms in total. The second-order valence-electron chi connectivity index (χ2n) is 5.90. The van der Waals surface area contributed by atoms with Gasteiger partial charge in [0.15, 0.2) is 0 Å². The molecule has 1 aromatic carbocycles. The molecular formula is C17H23N3O2. The maximum Gasteiger partial charge on any atom is 0.237 e. The molecule has 0 aliphatic carbocycles. The van der Waals surface area contributed by atoms with Gasteiger partial charge in [-0.1, -0.05) is 18.2 Å². The largest absolute Gasteiger partial charge is 0.377 e. The van der Waals surface area contributed by atoms with Crippen molar-refractivity contribution in [1.29, 1.82) is 0 Å². The van der Waals surface area contributed by atoms with Gasteiger partial charge >= 0.3 is 0 Å². The van der Waals surface area contributed by atoms with Gasteiger partial charge in [0.05, 0.1) is 6.10 Å². The second-order valence-corrected chi connectivity index (χ2v) is 5.90. The van der Waals surface area contributed by atoms with Crippen molar-refractivity contribution in [2.75, 3.05) is 13.2 Å². The molecule has 1 aliphatic heterocycles. The molecule has 3 rings (SSSR count). The molecular weight excluding hydrogens is 278 g/mol. The van der Waals surface area contributed by atoms with E-state index >= 15 is 0 Å². The number of benzene rings is 1. The predicted octanol–water partition coefficient (Wildman–Crippen LogP) is 1.70. The van der Waals surface area contributed by atoms with Crippen LogP contribution in [0.25, 0.3) is 10.9 Å². The number of ether oxygens (including phenoxy) is 1. The lowest BCUT2D eigenvalue weighted by Gasteiger charge is -2.11. The predicted molar refractivity (Wildman–Crippen MR) is 86.6 cm³/mol. The standard InChI is InChI=1S/C17H23N3O2/c1-12-15(10-19-9-13-5-4-8-22-13)14-6-2-3-7-16(14)20(12)11-17(18)21/h2-3,6-7,13,19H,4-5,8-11H2,1H3,(H2,18,21)/t13-/m1/s1. The molecule has 5 heteroatoms. The van der Waals surface area contributed by atoms with Gasteiger partial charge in [-0.3, -0.25) is 4.79 Å². The zero-order valence-corrected chi connectivity index (χ0v) is 13.0. The Morgan fingerprint density at radius 1 is 1.45 bits per heavy atom. The molecule has 22 heavy (non-hydrogen) atoms. The zero-order valence-electron chi connectivity index (χ0n) is 13.0. The summed E-state index contributed by atoms with van der Waals surface area (Å²) in [4.78, 5) is 11.3. The lowest BCUT2D eigenvalue weighted by molar-refractivity contribution is -0.118. The van der Waals surface area contributed by atoms with Gasteiger partial charge in [-0.05, 0) is 31.4 Å². The molecule has 0 unspecified atom stereocenters. The topological polar surface area (TPSA) is 69.3 Å². The van der Waals surface area contributed by atoms with E-state index in [0.717, 1.165) is 43.7 Å². The van der Waals surface area contributed by atoms with Crippen molar-refractivity contribution in [1.82, 2.24) is 9.88 Å². The first kappa shape index (κ1) is 15.1. The first-order valence-corrected chi connectivity index (χ1v) is 7.84. The van der Waals surface area contributed by atoms with Gasteiger partial charge in [0.25, 0.3) is 0 Å². The van der Waals surface area contributed by atoms with Crippen LogP contribution in [0.4, 0.5) is 0 Å². The number of nitrogens with one attached hydrogen (secondary N) is 1. The van der Waals surface area contributed by atoms with Crippen LogP contribution in [0.1, 0.15) is 24.1 Å². The molecule has 1 saturated heterocycles. The van der Waals surface area contributed by atoms with Crippen LogP contribution in [0.3, 0.4) is 0 Å². The van der Waals surface area contributed by atoms with E-state index in [1.54, 1.807) is 0 Å². The number of nitrogens with zero attached hydrogens (tertiary/aromatic N) is 1. The third kappa shape index (κ3) is 3.00. The summed E-state index contributed by atoms with van der Waals surface area (Å²) in [5.41, 5.74) is 8.78. The molecule has 118 valence electrons. The summed E-state index contributed by atoms with van der Waals surface area (Å²) in [5, 5.41) is 4.67. The Hall–Kier alpha value is -1.85. The number of amides is 1. The number of hydrogen-bond acceptors (Lipinski definition) is 3. The lowest BCUT2D eigenvalue weighted by atomic mass is 10.1. The van der Waals surface area contributed by atoms with Gasteiger partial charge < -0.3 is 20.4 Å². The Morgan fingerprint density at radius 2 is 2.27 bits per heavy atom. The number of para-hydroxylation sites is 1. The van der Waals surface area contributed by atoms with Crippen molar-refractivity contribution in [2.24, 2.45) is 5.73 Å². The van der Waals surface area contributed by atoms with Crippen LogP contribution < -0.4 is 11.1 Å². The van der Waals surface area contributed by atoms with Crippen molar-refractivity contribution < 1.29 is 9.53 Å². The Morgan fingerprint density at radius 3 is 3.00 bits per heavy atom. The Bertz CT molecular complexity index is 672. The molecule has 2 heterocycles. The summed E-state index contributed by atoms with van der Waals surface area (Å²) in [6.07, 6.45) is 2.62. The monoisotopic (exact) mass is 301 g/mol. The number of carbonyl (C=O) groups excluding carboxylic acids is 1. The van der Waals surface area contributed by atoms with Crippen LogP contribution in [0.15, 0.2) is 24.3 Å². The molecule has 0 radical (unpaired) electrons. The van der Waals surface area contributed by atoms with Crippen LogP contribution in [0.5, 0.6) is 0 Å². The number of carbonyl (C=O) groups is 1. The van der Waals surface area contributed by atoms with E-state index in [0.29, 0.717) is 6.10 Å². The van der Waals surface area contributed by atoms with Crippen molar-refractivity contribution in [2.45, 2.75) is 39.0 Å². The van der Waals surface area contributed by atoms with Crippen LogP contribution in [-0.4, -0.2) is 29.7 Å². The second kappa shape index (κ2) is 6.50. The van der Waals surface area contributed by atoms with E-state index in [2.05, 4.69) is 11.4 Å². The molecule has 0 bridgehead atoms.